The molecule has 0 unspecified atom stereocenters. The summed E-state index contributed by atoms with van der Waals surface area (Å²) in [5, 5.41) is 9.59. The van der Waals surface area contributed by atoms with Crippen LogP contribution in [0.2, 0.25) is 0 Å². The number of hydrogen-bond acceptors (Lipinski definition) is 18. The number of nitrogens with zero attached hydrogens (tertiary/aromatic N) is 7. The van der Waals surface area contributed by atoms with Crippen LogP contribution in [0.15, 0.2) is 0 Å². The predicted molar refractivity (Wildman–Crippen MR) is 336 cm³/mol. The maximum absolute atomic E-state index is 12.3. The summed E-state index contributed by atoms with van der Waals surface area (Å²) in [4.78, 5) is 77.5. The van der Waals surface area contributed by atoms with Gasteiger partial charge < -0.3 is 50.9 Å². The summed E-state index contributed by atoms with van der Waals surface area (Å²) in [5.41, 5.74) is 6.81. The third-order valence-corrected chi connectivity index (χ3v) is 15.3. The van der Waals surface area contributed by atoms with Gasteiger partial charge in [-0.05, 0) is 172 Å². The van der Waals surface area contributed by atoms with Crippen LogP contribution >= 0.6 is 0 Å². The number of aldehydes is 1. The molecular formula is C64H114BN7NaO15. The summed E-state index contributed by atoms with van der Waals surface area (Å²) < 4.78 is 41.9. The van der Waals surface area contributed by atoms with Gasteiger partial charge in [0.25, 0.3) is 0 Å². The second-order valence-corrected chi connectivity index (χ2v) is 25.1. The molecule has 4 heterocycles. The molecule has 4 aliphatic rings. The average molecular weight is 1260 g/mol. The number of carbonyl (C=O) groups is 6. The summed E-state index contributed by atoms with van der Waals surface area (Å²) in [5.74, 6) is -0.732. The molecule has 2 fully saturated rings. The van der Waals surface area contributed by atoms with E-state index in [4.69, 9.17) is 33.5 Å². The number of aryl methyl sites for hydroxylation is 2. The van der Waals surface area contributed by atoms with E-state index in [1.54, 1.807) is 23.9 Å². The van der Waals surface area contributed by atoms with Crippen molar-refractivity contribution in [3.05, 3.63) is 33.9 Å². The second kappa shape index (κ2) is 42.9. The first-order valence-electron chi connectivity index (χ1n) is 31.3. The van der Waals surface area contributed by atoms with Gasteiger partial charge in [0, 0.05) is 134 Å². The van der Waals surface area contributed by atoms with Crippen LogP contribution in [-0.4, -0.2) is 184 Å². The SMILES string of the molecule is C.CC(=O)OOC(C)=O.CCCCN(C)C(=O)OC(C)(C)C.CCOCC1(COCC)CCC(c2c(C=O)nn3c2CCC3)CC1.CCOCC1(COCC)CCC(c2c(CN(C)CCN(C)C(=O)OC(C)(C)C)nn3c2CCC3)CC1.[B-]OC(C)=O.[Na+]. The van der Waals surface area contributed by atoms with E-state index >= 15 is 0 Å². The molecular weight excluding hydrogens is 1140 g/mol. The van der Waals surface area contributed by atoms with E-state index in [-0.39, 0.29) is 60.0 Å². The van der Waals surface area contributed by atoms with Crippen LogP contribution < -0.4 is 29.6 Å². The number of carbonyl (C=O) groups excluding carboxylic acids is 6. The van der Waals surface area contributed by atoms with Gasteiger partial charge >= 0.3 is 53.7 Å². The van der Waals surface area contributed by atoms with Crippen LogP contribution in [-0.2, 0) is 89.7 Å². The van der Waals surface area contributed by atoms with Gasteiger partial charge in [0.05, 0.1) is 32.1 Å². The standard InChI is InChI=1S/C28H50N4O4.C19H30N2O3.C10H21NO2.C4H6O4.C2H3BO2.CH4.Na/c1-8-34-20-28(21-35-9-2)14-12-22(13-15-28)25-23(29-32-16-10-11-24(25)32)19-30(6)17-18-31(7)26(33)36-27(3,4)5;1-3-23-13-19(14-24-4-2)9-7-15(8-10-19)18-16(12-22)20-21-11-5-6-17(18)21;1-6-7-8-11(5)9(12)13-10(2,3)4;1-3(5)7-8-4(2)6;1-2(4)5-3;;/h22H,8-21H2,1-7H3;12,15H,3-11,13-14H2,1-2H3;6-8H2,1-5H3;1-2H3;1H3;1H4;/q;;;;-1;;+1. The van der Waals surface area contributed by atoms with E-state index in [9.17, 15) is 28.8 Å². The first kappa shape index (κ1) is 83.9. The topological polar surface area (TPSA) is 231 Å². The molecule has 499 valence electrons. The number of rotatable bonds is 23. The molecule has 2 aliphatic carbocycles. The van der Waals surface area contributed by atoms with Crippen LogP contribution in [0, 0.1) is 10.8 Å². The number of unbranched alkanes of at least 4 members (excludes halogenated alkanes) is 1. The van der Waals surface area contributed by atoms with Gasteiger partial charge in [0.1, 0.15) is 16.9 Å². The fourth-order valence-electron chi connectivity index (χ4n) is 10.9. The van der Waals surface area contributed by atoms with Crippen molar-refractivity contribution >= 4 is 44.4 Å². The summed E-state index contributed by atoms with van der Waals surface area (Å²) in [6, 6.07) is 0. The van der Waals surface area contributed by atoms with Gasteiger partial charge in [-0.3, -0.25) is 23.9 Å². The van der Waals surface area contributed by atoms with E-state index in [1.165, 1.54) is 41.6 Å². The largest absolute Gasteiger partial charge is 1.00 e. The van der Waals surface area contributed by atoms with Crippen molar-refractivity contribution in [2.24, 2.45) is 10.8 Å². The number of ether oxygens (including phenoxy) is 6. The quantitative estimate of drug-likeness (QED) is 0.0442. The third-order valence-electron chi connectivity index (χ3n) is 15.3. The van der Waals surface area contributed by atoms with E-state index in [1.807, 2.05) is 55.4 Å². The van der Waals surface area contributed by atoms with Crippen LogP contribution in [0.4, 0.5) is 9.59 Å². The summed E-state index contributed by atoms with van der Waals surface area (Å²) in [6.45, 7) is 36.3. The van der Waals surface area contributed by atoms with E-state index < -0.39 is 29.1 Å². The van der Waals surface area contributed by atoms with E-state index in [0.717, 1.165) is 189 Å². The maximum Gasteiger partial charge on any atom is 1.00 e. The fourth-order valence-corrected chi connectivity index (χ4v) is 10.9. The number of hydrogen-bond donors (Lipinski definition) is 0. The molecule has 2 aromatic heterocycles. The maximum atomic E-state index is 12.3. The van der Waals surface area contributed by atoms with Crippen LogP contribution in [0.5, 0.6) is 0 Å². The van der Waals surface area contributed by atoms with Gasteiger partial charge in [-0.2, -0.15) is 10.2 Å². The molecule has 0 saturated heterocycles. The Morgan fingerprint density at radius 3 is 1.33 bits per heavy atom. The van der Waals surface area contributed by atoms with Crippen LogP contribution in [0.1, 0.15) is 232 Å². The van der Waals surface area contributed by atoms with Gasteiger partial charge in [-0.15, -0.1) is 0 Å². The summed E-state index contributed by atoms with van der Waals surface area (Å²) >= 11 is 0. The minimum absolute atomic E-state index is 0. The Morgan fingerprint density at radius 1 is 0.602 bits per heavy atom. The molecule has 0 atom stereocenters. The molecule has 0 aromatic carbocycles. The number of amides is 2. The van der Waals surface area contributed by atoms with Crippen molar-refractivity contribution in [1.82, 2.24) is 34.3 Å². The molecule has 0 bridgehead atoms. The first-order valence-corrected chi connectivity index (χ1v) is 31.3. The smallest absolute Gasteiger partial charge is 0.793 e. The molecule has 2 aliphatic heterocycles. The number of likely N-dealkylation sites (N-methyl/N-ethyl adjacent to an activating group) is 2. The Kier molecular flexibility index (Phi) is 40.9. The minimum atomic E-state index is -0.639. The zero-order valence-corrected chi connectivity index (χ0v) is 58.9. The molecule has 22 nitrogen and oxygen atoms in total. The molecule has 2 amide bonds. The van der Waals surface area contributed by atoms with Crippen molar-refractivity contribution in [3.8, 4) is 0 Å². The molecule has 2 saturated carbocycles. The van der Waals surface area contributed by atoms with Crippen molar-refractivity contribution in [2.75, 3.05) is 93.6 Å². The number of fused-ring (bicyclic) bond motifs is 2. The molecule has 6 rings (SSSR count). The zero-order chi connectivity index (χ0) is 64.7. The Bertz CT molecular complexity index is 2310. The second-order valence-electron chi connectivity index (χ2n) is 25.1. The van der Waals surface area contributed by atoms with E-state index in [0.29, 0.717) is 24.1 Å². The Morgan fingerprint density at radius 2 is 0.977 bits per heavy atom. The van der Waals surface area contributed by atoms with Crippen LogP contribution in [0.3, 0.4) is 0 Å². The van der Waals surface area contributed by atoms with Crippen molar-refractivity contribution in [2.45, 2.75) is 237 Å². The number of aromatic nitrogens is 4. The summed E-state index contributed by atoms with van der Waals surface area (Å²) in [7, 11) is 10.0. The van der Waals surface area contributed by atoms with Crippen LogP contribution in [0.25, 0.3) is 0 Å². The normalized spacial score (nSPS) is 15.6. The Hall–Kier alpha value is -4.10. The third kappa shape index (κ3) is 30.8. The van der Waals surface area contributed by atoms with Crippen molar-refractivity contribution in [1.29, 1.82) is 0 Å². The van der Waals surface area contributed by atoms with Gasteiger partial charge in [-0.25, -0.2) is 29.0 Å². The molecule has 0 N–H and O–H groups in total. The Labute approximate surface area is 552 Å². The molecule has 3 radical (unpaired) electrons. The molecule has 88 heavy (non-hydrogen) atoms. The Balaban J connectivity index is 0.00000125. The van der Waals surface area contributed by atoms with Crippen molar-refractivity contribution < 1.29 is 101 Å². The molecule has 2 aromatic rings. The monoisotopic (exact) mass is 1250 g/mol. The van der Waals surface area contributed by atoms with Gasteiger partial charge in [-0.1, -0.05) is 20.8 Å². The first-order chi connectivity index (χ1) is 40.6. The summed E-state index contributed by atoms with van der Waals surface area (Å²) in [6.07, 6.45) is 16.1. The minimum Gasteiger partial charge on any atom is -0.793 e. The fraction of sp³-hybridized carbons (Fsp3) is 0.812. The molecule has 24 heteroatoms. The van der Waals surface area contributed by atoms with E-state index in [2.05, 4.69) is 69.7 Å². The predicted octanol–water partition coefficient (Wildman–Crippen LogP) is 8.16. The van der Waals surface area contributed by atoms with Crippen molar-refractivity contribution in [3.63, 3.8) is 0 Å². The zero-order valence-electron chi connectivity index (χ0n) is 56.9. The molecule has 0 spiro atoms. The average Bonchev–Trinajstić information content (AvgIpc) is 4.40. The van der Waals surface area contributed by atoms with Gasteiger partial charge in [0.2, 0.25) is 5.97 Å². The van der Waals surface area contributed by atoms with Gasteiger partial charge in [0.15, 0.2) is 6.29 Å².